The Bertz CT molecular complexity index is 1150. The highest BCUT2D eigenvalue weighted by molar-refractivity contribution is 6.09. The summed E-state index contributed by atoms with van der Waals surface area (Å²) >= 11 is 0. The van der Waals surface area contributed by atoms with Gasteiger partial charge in [-0.2, -0.15) is 5.26 Å². The van der Waals surface area contributed by atoms with Gasteiger partial charge in [0, 0.05) is 22.8 Å². The summed E-state index contributed by atoms with van der Waals surface area (Å²) in [4.78, 5) is 12.5. The van der Waals surface area contributed by atoms with Crippen LogP contribution in [0.4, 0.5) is 10.1 Å². The molecule has 0 saturated heterocycles. The molecule has 4 nitrogen and oxygen atoms in total. The topological polar surface area (TPSA) is 57.8 Å². The SMILES string of the molecule is Cc1ccc(-n2c(C)cc(C=C(C#N)C(=O)Nc3ccc(F)cc3)c2C)cc1C. The van der Waals surface area contributed by atoms with E-state index in [1.165, 1.54) is 35.4 Å². The third kappa shape index (κ3) is 4.27. The Hall–Kier alpha value is -3.65. The van der Waals surface area contributed by atoms with E-state index in [1.54, 1.807) is 6.08 Å². The number of carbonyl (C=O) groups is 1. The lowest BCUT2D eigenvalue weighted by molar-refractivity contribution is -0.112. The van der Waals surface area contributed by atoms with E-state index >= 15 is 0 Å². The number of carbonyl (C=O) groups excluding carboxylic acids is 1. The first-order chi connectivity index (χ1) is 13.8. The minimum absolute atomic E-state index is 0.0188. The highest BCUT2D eigenvalue weighted by atomic mass is 19.1. The summed E-state index contributed by atoms with van der Waals surface area (Å²) in [6, 6.07) is 15.6. The molecule has 0 radical (unpaired) electrons. The molecule has 5 heteroatoms. The number of rotatable bonds is 4. The van der Waals surface area contributed by atoms with Crippen molar-refractivity contribution < 1.29 is 9.18 Å². The van der Waals surface area contributed by atoms with E-state index in [1.807, 2.05) is 26.0 Å². The van der Waals surface area contributed by atoms with Gasteiger partial charge in [-0.25, -0.2) is 4.39 Å². The van der Waals surface area contributed by atoms with Crippen LogP contribution < -0.4 is 5.32 Å². The fourth-order valence-electron chi connectivity index (χ4n) is 3.23. The molecule has 3 rings (SSSR count). The number of nitriles is 1. The Morgan fingerprint density at radius 3 is 2.34 bits per heavy atom. The van der Waals surface area contributed by atoms with Crippen molar-refractivity contribution in [3.63, 3.8) is 0 Å². The summed E-state index contributed by atoms with van der Waals surface area (Å²) < 4.78 is 15.1. The molecule has 0 unspecified atom stereocenters. The first-order valence-electron chi connectivity index (χ1n) is 9.25. The number of nitrogens with zero attached hydrogens (tertiary/aromatic N) is 2. The number of aryl methyl sites for hydroxylation is 3. The third-order valence-electron chi connectivity index (χ3n) is 4.99. The van der Waals surface area contributed by atoms with Crippen LogP contribution in [0.3, 0.4) is 0 Å². The van der Waals surface area contributed by atoms with Crippen molar-refractivity contribution in [3.05, 3.63) is 88.0 Å². The van der Waals surface area contributed by atoms with Crippen molar-refractivity contribution in [1.82, 2.24) is 4.57 Å². The van der Waals surface area contributed by atoms with Gasteiger partial charge in [-0.3, -0.25) is 4.79 Å². The molecule has 1 heterocycles. The molecule has 0 spiro atoms. The van der Waals surface area contributed by atoms with Crippen molar-refractivity contribution >= 4 is 17.7 Å². The zero-order valence-electron chi connectivity index (χ0n) is 16.9. The highest BCUT2D eigenvalue weighted by Crippen LogP contribution is 2.24. The Morgan fingerprint density at radius 1 is 1.03 bits per heavy atom. The molecule has 1 aromatic heterocycles. The molecule has 0 bridgehead atoms. The van der Waals surface area contributed by atoms with Gasteiger partial charge in [0.05, 0.1) is 0 Å². The largest absolute Gasteiger partial charge is 0.321 e. The number of hydrogen-bond acceptors (Lipinski definition) is 2. The zero-order chi connectivity index (χ0) is 21.1. The van der Waals surface area contributed by atoms with E-state index in [0.717, 1.165) is 22.6 Å². The van der Waals surface area contributed by atoms with Crippen LogP contribution in [0.25, 0.3) is 11.8 Å². The number of halogens is 1. The van der Waals surface area contributed by atoms with Crippen LogP contribution in [0.5, 0.6) is 0 Å². The van der Waals surface area contributed by atoms with Crippen molar-refractivity contribution in [3.8, 4) is 11.8 Å². The molecule has 0 atom stereocenters. The molecule has 29 heavy (non-hydrogen) atoms. The second-order valence-electron chi connectivity index (χ2n) is 7.06. The Balaban J connectivity index is 1.94. The maximum Gasteiger partial charge on any atom is 0.266 e. The molecule has 0 aliphatic rings. The van der Waals surface area contributed by atoms with Gasteiger partial charge in [0.25, 0.3) is 5.91 Å². The molecule has 2 aromatic carbocycles. The Labute approximate surface area is 169 Å². The summed E-state index contributed by atoms with van der Waals surface area (Å²) in [7, 11) is 0. The van der Waals surface area contributed by atoms with Gasteiger partial charge in [0.15, 0.2) is 0 Å². The summed E-state index contributed by atoms with van der Waals surface area (Å²) in [6.45, 7) is 8.09. The molecule has 0 fully saturated rings. The van der Waals surface area contributed by atoms with Gasteiger partial charge in [0.1, 0.15) is 17.5 Å². The number of anilines is 1. The lowest BCUT2D eigenvalue weighted by Gasteiger charge is -2.12. The average Bonchev–Trinajstić information content (AvgIpc) is 2.97. The van der Waals surface area contributed by atoms with Crippen LogP contribution in [-0.4, -0.2) is 10.5 Å². The monoisotopic (exact) mass is 387 g/mol. The number of nitrogens with one attached hydrogen (secondary N) is 1. The smallest absolute Gasteiger partial charge is 0.266 e. The van der Waals surface area contributed by atoms with Crippen molar-refractivity contribution in [2.24, 2.45) is 0 Å². The molecule has 0 saturated carbocycles. The first kappa shape index (κ1) is 20.1. The summed E-state index contributed by atoms with van der Waals surface area (Å²) in [5.41, 5.74) is 6.61. The number of amides is 1. The predicted molar refractivity (Wildman–Crippen MR) is 113 cm³/mol. The zero-order valence-corrected chi connectivity index (χ0v) is 16.9. The second-order valence-corrected chi connectivity index (χ2v) is 7.06. The molecule has 146 valence electrons. The molecule has 1 N–H and O–H groups in total. The van der Waals surface area contributed by atoms with E-state index in [4.69, 9.17) is 0 Å². The van der Waals surface area contributed by atoms with E-state index in [0.29, 0.717) is 5.69 Å². The normalized spacial score (nSPS) is 11.2. The van der Waals surface area contributed by atoms with Crippen molar-refractivity contribution in [2.75, 3.05) is 5.32 Å². The standard InChI is InChI=1S/C24H22FN3O/c1-15-5-10-23(11-16(15)2)28-17(3)12-19(18(28)4)13-20(14-26)24(29)27-22-8-6-21(25)7-9-22/h5-13H,1-4H3,(H,27,29). The van der Waals surface area contributed by atoms with Crippen LogP contribution in [0, 0.1) is 44.8 Å². The number of hydrogen-bond donors (Lipinski definition) is 1. The lowest BCUT2D eigenvalue weighted by Crippen LogP contribution is -2.13. The minimum Gasteiger partial charge on any atom is -0.321 e. The average molecular weight is 387 g/mol. The molecular formula is C24H22FN3O. The summed E-state index contributed by atoms with van der Waals surface area (Å²) in [5.74, 6) is -0.923. The van der Waals surface area contributed by atoms with Gasteiger partial charge in [-0.15, -0.1) is 0 Å². The van der Waals surface area contributed by atoms with Crippen LogP contribution >= 0.6 is 0 Å². The van der Waals surface area contributed by atoms with E-state index in [2.05, 4.69) is 41.9 Å². The third-order valence-corrected chi connectivity index (χ3v) is 4.99. The summed E-state index contributed by atoms with van der Waals surface area (Å²) in [6.07, 6.45) is 1.58. The maximum atomic E-state index is 13.0. The number of aromatic nitrogens is 1. The lowest BCUT2D eigenvalue weighted by atomic mass is 10.1. The van der Waals surface area contributed by atoms with E-state index in [-0.39, 0.29) is 5.57 Å². The van der Waals surface area contributed by atoms with Gasteiger partial charge < -0.3 is 9.88 Å². The van der Waals surface area contributed by atoms with Gasteiger partial charge in [-0.1, -0.05) is 6.07 Å². The van der Waals surface area contributed by atoms with Gasteiger partial charge in [-0.05, 0) is 92.9 Å². The minimum atomic E-state index is -0.532. The fourth-order valence-corrected chi connectivity index (χ4v) is 3.23. The van der Waals surface area contributed by atoms with E-state index < -0.39 is 11.7 Å². The van der Waals surface area contributed by atoms with E-state index in [9.17, 15) is 14.4 Å². The quantitative estimate of drug-likeness (QED) is 0.482. The molecule has 1 amide bonds. The Morgan fingerprint density at radius 2 is 1.72 bits per heavy atom. The van der Waals surface area contributed by atoms with Crippen LogP contribution in [0.15, 0.2) is 54.1 Å². The Kier molecular flexibility index (Phi) is 5.65. The van der Waals surface area contributed by atoms with Crippen LogP contribution in [0.1, 0.15) is 28.1 Å². The highest BCUT2D eigenvalue weighted by Gasteiger charge is 2.14. The molecule has 0 aliphatic heterocycles. The van der Waals surface area contributed by atoms with Crippen LogP contribution in [0.2, 0.25) is 0 Å². The van der Waals surface area contributed by atoms with Crippen LogP contribution in [-0.2, 0) is 4.79 Å². The fraction of sp³-hybridized carbons (Fsp3) is 0.167. The second kappa shape index (κ2) is 8.15. The van der Waals surface area contributed by atoms with Crippen molar-refractivity contribution in [1.29, 1.82) is 5.26 Å². The summed E-state index contributed by atoms with van der Waals surface area (Å²) in [5, 5.41) is 12.1. The number of benzene rings is 2. The van der Waals surface area contributed by atoms with Gasteiger partial charge in [0.2, 0.25) is 0 Å². The molecular weight excluding hydrogens is 365 g/mol. The first-order valence-corrected chi connectivity index (χ1v) is 9.25. The predicted octanol–water partition coefficient (Wildman–Crippen LogP) is 5.40. The van der Waals surface area contributed by atoms with Crippen molar-refractivity contribution in [2.45, 2.75) is 27.7 Å². The molecule has 0 aliphatic carbocycles. The molecule has 3 aromatic rings. The van der Waals surface area contributed by atoms with Gasteiger partial charge >= 0.3 is 0 Å². The maximum absolute atomic E-state index is 13.0.